The number of nitrogens with one attached hydrogen (secondary N) is 2. The van der Waals surface area contributed by atoms with Crippen LogP contribution in [0, 0.1) is 24.1 Å². The van der Waals surface area contributed by atoms with Gasteiger partial charge in [0, 0.05) is 45.5 Å². The number of halogens is 4. The van der Waals surface area contributed by atoms with Crippen LogP contribution in [0.15, 0.2) is 24.3 Å². The molecule has 2 aromatic rings. The van der Waals surface area contributed by atoms with Crippen molar-refractivity contribution in [3.8, 4) is 6.07 Å². The van der Waals surface area contributed by atoms with E-state index in [-0.39, 0.29) is 48.9 Å². The lowest BCUT2D eigenvalue weighted by molar-refractivity contribution is -0.137. The first-order chi connectivity index (χ1) is 18.9. The normalized spacial score (nSPS) is 20.4. The number of hydrogen-bond donors (Lipinski definition) is 2. The van der Waals surface area contributed by atoms with E-state index >= 15 is 4.39 Å². The predicted octanol–water partition coefficient (Wildman–Crippen LogP) is 2.87. The fourth-order valence-electron chi connectivity index (χ4n) is 5.29. The Morgan fingerprint density at radius 1 is 1.25 bits per heavy atom. The van der Waals surface area contributed by atoms with Crippen molar-refractivity contribution in [1.82, 2.24) is 15.2 Å². The molecule has 0 bridgehead atoms. The number of carbonyl (C=O) groups is 2. The molecule has 212 valence electrons. The molecular formula is C26H27F4N7O3. The summed E-state index contributed by atoms with van der Waals surface area (Å²) in [4.78, 5) is 34.5. The summed E-state index contributed by atoms with van der Waals surface area (Å²) in [6.07, 6.45) is -5.20. The van der Waals surface area contributed by atoms with Gasteiger partial charge in [-0.1, -0.05) is 6.07 Å². The number of aromatic nitrogens is 1. The largest absolute Gasteiger partial charge is 0.438 e. The molecule has 2 fully saturated rings. The number of aryl methyl sites for hydroxylation is 1. The number of nitrogens with zero attached hydrogens (tertiary/aromatic N) is 5. The number of likely N-dealkylation sites (N-methyl/N-ethyl adjacent to an activating group) is 1. The average molecular weight is 562 g/mol. The van der Waals surface area contributed by atoms with Crippen molar-refractivity contribution < 1.29 is 31.9 Å². The van der Waals surface area contributed by atoms with Crippen LogP contribution < -0.4 is 20.4 Å². The molecule has 10 nitrogen and oxygen atoms in total. The second kappa shape index (κ2) is 10.1. The summed E-state index contributed by atoms with van der Waals surface area (Å²) in [6, 6.07) is 5.56. The standard InChI is InChI=1S/C26H27F4N7O3/c1-15-10-17(26(28,29)30)16(11-31)22(33-15)34-19-6-7-36(8-9-37-14-25(12-32-13-25)40-24(37)39)21-18(27)4-3-5-20(21)35(2)23(19)38/h3-5,10,19,32H,6-9,12-14H2,1-2H3,(H,33,34)/t19-/m0/s1. The minimum absolute atomic E-state index is 0.0199. The summed E-state index contributed by atoms with van der Waals surface area (Å²) in [5.41, 5.74) is -1.96. The number of alkyl halides is 3. The molecule has 3 aliphatic heterocycles. The number of pyridine rings is 1. The lowest BCUT2D eigenvalue weighted by Crippen LogP contribution is -2.61. The van der Waals surface area contributed by atoms with Crippen LogP contribution in [-0.2, 0) is 15.7 Å². The third kappa shape index (κ3) is 4.97. The number of para-hydroxylation sites is 1. The highest BCUT2D eigenvalue weighted by atomic mass is 19.4. The van der Waals surface area contributed by atoms with E-state index in [4.69, 9.17) is 4.74 Å². The van der Waals surface area contributed by atoms with E-state index in [0.717, 1.165) is 6.07 Å². The van der Waals surface area contributed by atoms with E-state index in [1.54, 1.807) is 21.9 Å². The van der Waals surface area contributed by atoms with Gasteiger partial charge in [-0.15, -0.1) is 0 Å². The molecule has 40 heavy (non-hydrogen) atoms. The maximum Gasteiger partial charge on any atom is 0.417 e. The Hall–Kier alpha value is -4.12. The Morgan fingerprint density at radius 2 is 1.98 bits per heavy atom. The Morgan fingerprint density at radius 3 is 2.60 bits per heavy atom. The molecule has 1 atom stereocenters. The predicted molar refractivity (Wildman–Crippen MR) is 136 cm³/mol. The number of fused-ring (bicyclic) bond motifs is 1. The molecule has 5 rings (SSSR count). The van der Waals surface area contributed by atoms with E-state index in [0.29, 0.717) is 19.6 Å². The van der Waals surface area contributed by atoms with Crippen molar-refractivity contribution in [2.24, 2.45) is 0 Å². The molecule has 1 aromatic carbocycles. The van der Waals surface area contributed by atoms with Crippen molar-refractivity contribution in [2.75, 3.05) is 61.4 Å². The van der Waals surface area contributed by atoms with E-state index in [9.17, 15) is 28.0 Å². The molecule has 0 radical (unpaired) electrons. The quantitative estimate of drug-likeness (QED) is 0.536. The topological polar surface area (TPSA) is 114 Å². The highest BCUT2D eigenvalue weighted by Gasteiger charge is 2.49. The molecule has 2 N–H and O–H groups in total. The van der Waals surface area contributed by atoms with Crippen molar-refractivity contribution >= 4 is 29.2 Å². The van der Waals surface area contributed by atoms with Gasteiger partial charge in [0.25, 0.3) is 0 Å². The minimum atomic E-state index is -4.80. The Kier molecular flexibility index (Phi) is 6.95. The van der Waals surface area contributed by atoms with Crippen molar-refractivity contribution in [3.63, 3.8) is 0 Å². The van der Waals surface area contributed by atoms with Gasteiger partial charge in [-0.25, -0.2) is 14.2 Å². The first-order valence-electron chi connectivity index (χ1n) is 12.7. The molecule has 4 heterocycles. The highest BCUT2D eigenvalue weighted by molar-refractivity contribution is 6.01. The van der Waals surface area contributed by atoms with Gasteiger partial charge < -0.3 is 30.1 Å². The number of anilines is 3. The summed E-state index contributed by atoms with van der Waals surface area (Å²) < 4.78 is 61.6. The number of carbonyl (C=O) groups excluding carboxylic acids is 2. The Balaban J connectivity index is 1.43. The zero-order valence-corrected chi connectivity index (χ0v) is 21.8. The molecule has 14 heteroatoms. The molecule has 0 aliphatic carbocycles. The van der Waals surface area contributed by atoms with Crippen LogP contribution in [0.5, 0.6) is 0 Å². The fraction of sp³-hybridized carbons (Fsp3) is 0.462. The van der Waals surface area contributed by atoms with Crippen molar-refractivity contribution in [1.29, 1.82) is 5.26 Å². The van der Waals surface area contributed by atoms with E-state index < -0.39 is 46.8 Å². The minimum Gasteiger partial charge on any atom is -0.438 e. The molecular weight excluding hydrogens is 534 g/mol. The van der Waals surface area contributed by atoms with Gasteiger partial charge in [-0.05, 0) is 31.5 Å². The van der Waals surface area contributed by atoms with Gasteiger partial charge >= 0.3 is 12.3 Å². The number of ether oxygens (including phenoxy) is 1. The second-order valence-electron chi connectivity index (χ2n) is 10.2. The summed E-state index contributed by atoms with van der Waals surface area (Å²) >= 11 is 0. The number of rotatable bonds is 5. The lowest BCUT2D eigenvalue weighted by Gasteiger charge is -2.37. The Labute approximate surface area is 227 Å². The maximum atomic E-state index is 15.2. The van der Waals surface area contributed by atoms with Gasteiger partial charge in [0.15, 0.2) is 5.60 Å². The first kappa shape index (κ1) is 27.4. The SMILES string of the molecule is Cc1cc(C(F)(F)F)c(C#N)c(N[C@H]2CCN(CCN3CC4(CNC4)OC3=O)c3c(F)cccc3N(C)C2=O)n1. The molecule has 3 aliphatic rings. The van der Waals surface area contributed by atoms with E-state index in [1.165, 1.54) is 31.0 Å². The monoisotopic (exact) mass is 561 g/mol. The molecule has 1 aromatic heterocycles. The molecule has 0 saturated carbocycles. The van der Waals surface area contributed by atoms with Crippen LogP contribution in [0.2, 0.25) is 0 Å². The first-order valence-corrected chi connectivity index (χ1v) is 12.7. The molecule has 2 saturated heterocycles. The zero-order valence-electron chi connectivity index (χ0n) is 21.8. The van der Waals surface area contributed by atoms with Gasteiger partial charge in [0.05, 0.1) is 23.5 Å². The third-order valence-electron chi connectivity index (χ3n) is 7.41. The lowest BCUT2D eigenvalue weighted by atomic mass is 9.97. The third-order valence-corrected chi connectivity index (χ3v) is 7.41. The number of benzene rings is 1. The number of amides is 2. The van der Waals surface area contributed by atoms with E-state index in [1.807, 2.05) is 0 Å². The summed E-state index contributed by atoms with van der Waals surface area (Å²) in [6.45, 7) is 3.45. The van der Waals surface area contributed by atoms with Crippen LogP contribution in [0.1, 0.15) is 23.2 Å². The zero-order chi connectivity index (χ0) is 28.8. The van der Waals surface area contributed by atoms with Crippen LogP contribution in [0.4, 0.5) is 39.5 Å². The van der Waals surface area contributed by atoms with Crippen LogP contribution in [0.25, 0.3) is 0 Å². The van der Waals surface area contributed by atoms with Gasteiger partial charge in [-0.2, -0.15) is 18.4 Å². The number of nitriles is 1. The molecule has 1 spiro atoms. The van der Waals surface area contributed by atoms with Crippen LogP contribution in [0.3, 0.4) is 0 Å². The highest BCUT2D eigenvalue weighted by Crippen LogP contribution is 2.37. The average Bonchev–Trinajstić information content (AvgIpc) is 3.23. The maximum absolute atomic E-state index is 15.2. The van der Waals surface area contributed by atoms with Crippen molar-refractivity contribution in [2.45, 2.75) is 31.2 Å². The number of hydrogen-bond acceptors (Lipinski definition) is 8. The molecule has 2 amide bonds. The fourth-order valence-corrected chi connectivity index (χ4v) is 5.29. The molecule has 0 unspecified atom stereocenters. The summed E-state index contributed by atoms with van der Waals surface area (Å²) in [5, 5.41) is 15.4. The van der Waals surface area contributed by atoms with Crippen molar-refractivity contribution in [3.05, 3.63) is 46.9 Å². The van der Waals surface area contributed by atoms with Crippen LogP contribution >= 0.6 is 0 Å². The second-order valence-corrected chi connectivity index (χ2v) is 10.2. The van der Waals surface area contributed by atoms with Gasteiger partial charge in [0.2, 0.25) is 5.91 Å². The summed E-state index contributed by atoms with van der Waals surface area (Å²) in [7, 11) is 1.44. The van der Waals surface area contributed by atoms with E-state index in [2.05, 4.69) is 15.6 Å². The Bertz CT molecular complexity index is 1390. The van der Waals surface area contributed by atoms with Gasteiger partial charge in [0.1, 0.15) is 29.3 Å². The smallest absolute Gasteiger partial charge is 0.417 e. The van der Waals surface area contributed by atoms with Crippen LogP contribution in [-0.4, -0.2) is 79.8 Å². The van der Waals surface area contributed by atoms with Gasteiger partial charge in [-0.3, -0.25) is 4.79 Å². The summed E-state index contributed by atoms with van der Waals surface area (Å²) in [5.74, 6) is -1.45.